The zero-order chi connectivity index (χ0) is 22.8. The lowest BCUT2D eigenvalue weighted by Gasteiger charge is -2.28. The van der Waals surface area contributed by atoms with Crippen molar-refractivity contribution in [2.24, 2.45) is 5.92 Å². The molecule has 1 fully saturated rings. The fraction of sp³-hybridized carbons (Fsp3) is 0.321. The number of nitriles is 1. The van der Waals surface area contributed by atoms with Crippen molar-refractivity contribution in [1.29, 1.82) is 5.26 Å². The molecule has 0 unspecified atom stereocenters. The van der Waals surface area contributed by atoms with Crippen LogP contribution in [0, 0.1) is 17.2 Å². The number of carboxylic acid groups (broad SMARTS) is 1. The summed E-state index contributed by atoms with van der Waals surface area (Å²) in [6.45, 7) is 0. The summed E-state index contributed by atoms with van der Waals surface area (Å²) in [7, 11) is 0. The van der Waals surface area contributed by atoms with Crippen molar-refractivity contribution in [2.75, 3.05) is 0 Å². The summed E-state index contributed by atoms with van der Waals surface area (Å²) >= 11 is 0. The molecule has 33 heavy (non-hydrogen) atoms. The van der Waals surface area contributed by atoms with Gasteiger partial charge in [-0.05, 0) is 90.8 Å². The molecule has 5 heteroatoms. The minimum atomic E-state index is -0.672. The monoisotopic (exact) mass is 437 g/mol. The quantitative estimate of drug-likeness (QED) is 0.480. The van der Waals surface area contributed by atoms with E-state index < -0.39 is 5.97 Å². The van der Waals surface area contributed by atoms with E-state index in [1.165, 1.54) is 22.3 Å². The van der Waals surface area contributed by atoms with E-state index in [1.54, 1.807) is 0 Å². The van der Waals surface area contributed by atoms with Crippen LogP contribution in [0.4, 0.5) is 0 Å². The van der Waals surface area contributed by atoms with Crippen LogP contribution in [-0.2, 0) is 4.79 Å². The van der Waals surface area contributed by atoms with Crippen LogP contribution < -0.4 is 0 Å². The Labute approximate surface area is 193 Å². The molecular weight excluding hydrogens is 410 g/mol. The highest BCUT2D eigenvalue weighted by molar-refractivity contribution is 5.82. The molecule has 2 N–H and O–H groups in total. The molecule has 0 bridgehead atoms. The minimum Gasteiger partial charge on any atom is -0.481 e. The highest BCUT2D eigenvalue weighted by Gasteiger charge is 2.24. The smallest absolute Gasteiger partial charge is 0.303 e. The molecule has 3 aromatic rings. The van der Waals surface area contributed by atoms with Gasteiger partial charge in [-0.2, -0.15) is 5.26 Å². The molecule has 0 saturated heterocycles. The van der Waals surface area contributed by atoms with Crippen LogP contribution in [0.1, 0.15) is 73.4 Å². The van der Waals surface area contributed by atoms with Crippen molar-refractivity contribution in [1.82, 2.24) is 9.97 Å². The van der Waals surface area contributed by atoms with Gasteiger partial charge in [-0.15, -0.1) is 0 Å². The Balaban J connectivity index is 1.26. The summed E-state index contributed by atoms with van der Waals surface area (Å²) in [6.07, 6.45) is 10.7. The molecule has 166 valence electrons. The van der Waals surface area contributed by atoms with Gasteiger partial charge < -0.3 is 10.1 Å². The highest BCUT2D eigenvalue weighted by atomic mass is 16.4. The Bertz CT molecular complexity index is 1280. The number of aromatic amines is 1. The summed E-state index contributed by atoms with van der Waals surface area (Å²) in [5.41, 5.74) is 7.55. The maximum absolute atomic E-state index is 10.9. The van der Waals surface area contributed by atoms with Gasteiger partial charge in [0.05, 0.1) is 22.7 Å². The van der Waals surface area contributed by atoms with Gasteiger partial charge in [-0.1, -0.05) is 36.4 Å². The van der Waals surface area contributed by atoms with Crippen LogP contribution in [0.15, 0.2) is 54.6 Å². The first-order chi connectivity index (χ1) is 16.1. The molecule has 5 rings (SSSR count). The lowest BCUT2D eigenvalue weighted by atomic mass is 9.77. The molecule has 2 aliphatic carbocycles. The number of benzene rings is 2. The largest absolute Gasteiger partial charge is 0.481 e. The predicted molar refractivity (Wildman–Crippen MR) is 129 cm³/mol. The highest BCUT2D eigenvalue weighted by Crippen LogP contribution is 2.38. The first kappa shape index (κ1) is 21.2. The van der Waals surface area contributed by atoms with Crippen LogP contribution >= 0.6 is 0 Å². The van der Waals surface area contributed by atoms with Crippen LogP contribution in [0.5, 0.6) is 0 Å². The molecule has 2 aliphatic rings. The number of aliphatic carboxylic acids is 1. The zero-order valence-corrected chi connectivity index (χ0v) is 18.6. The average Bonchev–Trinajstić information content (AvgIpc) is 3.28. The SMILES string of the molecule is N#Cc1ccc2[nH]c(C3=CC=C(c4ccc(C5CCC(CC(=O)O)CC5)cc4)CC3)nc2c1. The molecular formula is C28H27N3O2. The van der Waals surface area contributed by atoms with Gasteiger partial charge in [0.1, 0.15) is 5.82 Å². The van der Waals surface area contributed by atoms with Gasteiger partial charge >= 0.3 is 5.97 Å². The number of carbonyl (C=O) groups is 1. The Morgan fingerprint density at radius 1 is 1.03 bits per heavy atom. The van der Waals surface area contributed by atoms with E-state index in [9.17, 15) is 4.79 Å². The van der Waals surface area contributed by atoms with Gasteiger partial charge in [-0.3, -0.25) is 4.79 Å². The van der Waals surface area contributed by atoms with Gasteiger partial charge in [0.15, 0.2) is 0 Å². The van der Waals surface area contributed by atoms with E-state index >= 15 is 0 Å². The number of imidazole rings is 1. The average molecular weight is 438 g/mol. The molecule has 2 aromatic carbocycles. The first-order valence-electron chi connectivity index (χ1n) is 11.7. The number of nitrogens with zero attached hydrogens (tertiary/aromatic N) is 2. The Morgan fingerprint density at radius 3 is 2.42 bits per heavy atom. The summed E-state index contributed by atoms with van der Waals surface area (Å²) in [5.74, 6) is 1.09. The third-order valence-electron chi connectivity index (χ3n) is 7.13. The molecule has 0 aliphatic heterocycles. The maximum atomic E-state index is 10.9. The molecule has 0 radical (unpaired) electrons. The second-order valence-electron chi connectivity index (χ2n) is 9.25. The van der Waals surface area contributed by atoms with E-state index in [0.717, 1.165) is 55.4 Å². The van der Waals surface area contributed by atoms with Crippen molar-refractivity contribution in [3.8, 4) is 6.07 Å². The van der Waals surface area contributed by atoms with Gasteiger partial charge in [0.2, 0.25) is 0 Å². The molecule has 5 nitrogen and oxygen atoms in total. The normalized spacial score (nSPS) is 20.7. The topological polar surface area (TPSA) is 89.8 Å². The molecule has 1 heterocycles. The standard InChI is InChI=1S/C28H27N3O2/c29-17-19-3-14-25-26(15-19)31-28(30-25)24-12-10-23(11-13-24)22-8-6-21(7-9-22)20-4-1-18(2-5-20)16-27(32)33/h3,6-10,12,14-15,18,20H,1-2,4-5,11,13,16H2,(H,30,31)(H,32,33). The molecule has 1 aromatic heterocycles. The summed E-state index contributed by atoms with van der Waals surface area (Å²) in [5, 5.41) is 18.1. The second kappa shape index (κ2) is 9.07. The number of carboxylic acids is 1. The third kappa shape index (κ3) is 4.61. The van der Waals surface area contributed by atoms with Crippen LogP contribution in [-0.4, -0.2) is 21.0 Å². The van der Waals surface area contributed by atoms with Gasteiger partial charge in [-0.25, -0.2) is 4.98 Å². The number of hydrogen-bond acceptors (Lipinski definition) is 3. The maximum Gasteiger partial charge on any atom is 0.303 e. The van der Waals surface area contributed by atoms with Gasteiger partial charge in [0.25, 0.3) is 0 Å². The number of fused-ring (bicyclic) bond motifs is 1. The fourth-order valence-electron chi connectivity index (χ4n) is 5.22. The first-order valence-corrected chi connectivity index (χ1v) is 11.7. The second-order valence-corrected chi connectivity index (χ2v) is 9.25. The number of hydrogen-bond donors (Lipinski definition) is 2. The lowest BCUT2D eigenvalue weighted by Crippen LogP contribution is -2.16. The molecule has 0 spiro atoms. The Kier molecular flexibility index (Phi) is 5.83. The number of nitrogens with one attached hydrogen (secondary N) is 1. The zero-order valence-electron chi connectivity index (χ0n) is 18.6. The van der Waals surface area contributed by atoms with Crippen molar-refractivity contribution < 1.29 is 9.90 Å². The van der Waals surface area contributed by atoms with Crippen LogP contribution in [0.3, 0.4) is 0 Å². The summed E-state index contributed by atoms with van der Waals surface area (Å²) < 4.78 is 0. The minimum absolute atomic E-state index is 0.310. The van der Waals surface area contributed by atoms with Gasteiger partial charge in [0, 0.05) is 6.42 Å². The van der Waals surface area contributed by atoms with Crippen molar-refractivity contribution in [3.05, 3.63) is 77.1 Å². The van der Waals surface area contributed by atoms with E-state index in [2.05, 4.69) is 47.5 Å². The van der Waals surface area contributed by atoms with E-state index in [1.807, 2.05) is 18.2 Å². The molecule has 0 atom stereocenters. The molecule has 1 saturated carbocycles. The van der Waals surface area contributed by atoms with E-state index in [0.29, 0.717) is 23.8 Å². The summed E-state index contributed by atoms with van der Waals surface area (Å²) in [4.78, 5) is 19.0. The van der Waals surface area contributed by atoms with Crippen LogP contribution in [0.25, 0.3) is 22.2 Å². The van der Waals surface area contributed by atoms with E-state index in [4.69, 9.17) is 15.4 Å². The van der Waals surface area contributed by atoms with Crippen molar-refractivity contribution in [2.45, 2.75) is 50.9 Å². The summed E-state index contributed by atoms with van der Waals surface area (Å²) in [6, 6.07) is 16.7. The number of H-pyrrole nitrogens is 1. The van der Waals surface area contributed by atoms with E-state index in [-0.39, 0.29) is 0 Å². The predicted octanol–water partition coefficient (Wildman–Crippen LogP) is 6.44. The van der Waals surface area contributed by atoms with Crippen molar-refractivity contribution >= 4 is 28.1 Å². The number of aromatic nitrogens is 2. The number of rotatable bonds is 5. The third-order valence-corrected chi connectivity index (χ3v) is 7.13. The van der Waals surface area contributed by atoms with Crippen LogP contribution in [0.2, 0.25) is 0 Å². The molecule has 0 amide bonds. The fourth-order valence-corrected chi connectivity index (χ4v) is 5.22. The van der Waals surface area contributed by atoms with Crippen molar-refractivity contribution in [3.63, 3.8) is 0 Å². The Hall–Kier alpha value is -3.65. The number of allylic oxidation sites excluding steroid dienone is 4. The Morgan fingerprint density at radius 2 is 1.76 bits per heavy atom. The lowest BCUT2D eigenvalue weighted by molar-refractivity contribution is -0.138.